The Morgan fingerprint density at radius 3 is 2.50 bits per heavy atom. The van der Waals surface area contributed by atoms with E-state index in [1.165, 1.54) is 35.6 Å². The highest BCUT2D eigenvalue weighted by atomic mass is 32.1. The molecule has 0 saturated carbocycles. The number of carbonyl (C=O) groups excluding carboxylic acids is 1. The Morgan fingerprint density at radius 1 is 1.14 bits per heavy atom. The van der Waals surface area contributed by atoms with Crippen molar-refractivity contribution in [2.75, 3.05) is 5.32 Å². The number of anilines is 1. The zero-order valence-electron chi connectivity index (χ0n) is 12.4. The second kappa shape index (κ2) is 5.46. The molecule has 0 atom stereocenters. The average molecular weight is 315 g/mol. The van der Waals surface area contributed by atoms with Gasteiger partial charge in [-0.2, -0.15) is 0 Å². The number of aryl methyl sites for hydroxylation is 3. The summed E-state index contributed by atoms with van der Waals surface area (Å²) in [7, 11) is 0. The first kappa shape index (κ1) is 14.6. The van der Waals surface area contributed by atoms with Crippen LogP contribution in [0, 0.1) is 26.6 Å². The van der Waals surface area contributed by atoms with Crippen LogP contribution in [0.15, 0.2) is 24.3 Å². The number of amides is 1. The molecule has 1 N–H and O–H groups in total. The number of halogens is 1. The molecule has 0 saturated heterocycles. The molecule has 2 heterocycles. The van der Waals surface area contributed by atoms with Gasteiger partial charge in [-0.3, -0.25) is 4.79 Å². The van der Waals surface area contributed by atoms with Crippen LogP contribution in [0.1, 0.15) is 26.8 Å². The normalized spacial score (nSPS) is 10.9. The zero-order valence-corrected chi connectivity index (χ0v) is 13.2. The van der Waals surface area contributed by atoms with Gasteiger partial charge in [0.15, 0.2) is 0 Å². The molecule has 0 spiro atoms. The Hall–Kier alpha value is -2.34. The molecule has 3 rings (SSSR count). The van der Waals surface area contributed by atoms with E-state index in [9.17, 15) is 9.18 Å². The quantitative estimate of drug-likeness (QED) is 0.777. The number of rotatable bonds is 2. The van der Waals surface area contributed by atoms with Gasteiger partial charge < -0.3 is 5.32 Å². The van der Waals surface area contributed by atoms with E-state index in [4.69, 9.17) is 0 Å². The van der Waals surface area contributed by atoms with E-state index in [-0.39, 0.29) is 11.7 Å². The summed E-state index contributed by atoms with van der Waals surface area (Å²) < 4.78 is 12.9. The number of aromatic nitrogens is 2. The molecule has 3 aromatic rings. The molecule has 6 heteroatoms. The first-order valence-electron chi connectivity index (χ1n) is 6.77. The Kier molecular flexibility index (Phi) is 3.62. The molecule has 2 aromatic heterocycles. The van der Waals surface area contributed by atoms with E-state index in [0.717, 1.165) is 21.5 Å². The van der Waals surface area contributed by atoms with Crippen molar-refractivity contribution in [1.82, 2.24) is 9.97 Å². The summed E-state index contributed by atoms with van der Waals surface area (Å²) >= 11 is 1.35. The molecule has 0 unspecified atom stereocenters. The highest BCUT2D eigenvalue weighted by Crippen LogP contribution is 2.31. The number of thiophene rings is 1. The second-order valence-electron chi connectivity index (χ2n) is 5.05. The maximum atomic E-state index is 12.9. The summed E-state index contributed by atoms with van der Waals surface area (Å²) in [6, 6.07) is 5.69. The summed E-state index contributed by atoms with van der Waals surface area (Å²) in [5.41, 5.74) is 2.30. The number of fused-ring (bicyclic) bond motifs is 1. The topological polar surface area (TPSA) is 54.9 Å². The van der Waals surface area contributed by atoms with Crippen LogP contribution in [-0.4, -0.2) is 15.9 Å². The van der Waals surface area contributed by atoms with Crippen LogP contribution in [0.2, 0.25) is 0 Å². The van der Waals surface area contributed by atoms with Gasteiger partial charge in [-0.15, -0.1) is 11.3 Å². The third-order valence-corrected chi connectivity index (χ3v) is 4.58. The molecule has 4 nitrogen and oxygen atoms in total. The minimum absolute atomic E-state index is 0.218. The summed E-state index contributed by atoms with van der Waals surface area (Å²) in [5.74, 6) is 0.137. The molecule has 1 amide bonds. The first-order valence-corrected chi connectivity index (χ1v) is 7.58. The molecule has 0 aliphatic heterocycles. The standard InChI is InChI=1S/C16H14FN3OS/c1-8-13-9(2)18-10(3)19-16(13)22-14(8)15(21)20-12-6-4-11(17)5-7-12/h4-7H,1-3H3,(H,20,21). The fourth-order valence-electron chi connectivity index (χ4n) is 2.41. The Morgan fingerprint density at radius 2 is 1.82 bits per heavy atom. The fourth-order valence-corrected chi connectivity index (χ4v) is 3.58. The Bertz CT molecular complexity index is 871. The number of benzene rings is 1. The van der Waals surface area contributed by atoms with Gasteiger partial charge in [-0.1, -0.05) is 0 Å². The molecule has 0 aliphatic carbocycles. The average Bonchev–Trinajstić information content (AvgIpc) is 2.78. The lowest BCUT2D eigenvalue weighted by Crippen LogP contribution is -2.11. The van der Waals surface area contributed by atoms with Crippen molar-refractivity contribution >= 4 is 33.1 Å². The van der Waals surface area contributed by atoms with Crippen molar-refractivity contribution in [1.29, 1.82) is 0 Å². The third kappa shape index (κ3) is 2.57. The van der Waals surface area contributed by atoms with Crippen LogP contribution in [0.3, 0.4) is 0 Å². The maximum Gasteiger partial charge on any atom is 0.266 e. The Labute approximate surface area is 131 Å². The minimum Gasteiger partial charge on any atom is -0.321 e. The van der Waals surface area contributed by atoms with Crippen molar-refractivity contribution < 1.29 is 9.18 Å². The number of hydrogen-bond acceptors (Lipinski definition) is 4. The van der Waals surface area contributed by atoms with E-state index < -0.39 is 0 Å². The first-order chi connectivity index (χ1) is 10.5. The van der Waals surface area contributed by atoms with Crippen LogP contribution < -0.4 is 5.32 Å². The highest BCUT2D eigenvalue weighted by molar-refractivity contribution is 7.20. The predicted octanol–water partition coefficient (Wildman–Crippen LogP) is 4.01. The molecule has 1 aromatic carbocycles. The van der Waals surface area contributed by atoms with Gasteiger partial charge in [-0.25, -0.2) is 14.4 Å². The van der Waals surface area contributed by atoms with Gasteiger partial charge in [0.2, 0.25) is 0 Å². The van der Waals surface area contributed by atoms with E-state index in [2.05, 4.69) is 15.3 Å². The molecule has 0 fully saturated rings. The zero-order chi connectivity index (χ0) is 15.9. The van der Waals surface area contributed by atoms with Crippen LogP contribution in [0.4, 0.5) is 10.1 Å². The SMILES string of the molecule is Cc1nc(C)c2c(C)c(C(=O)Nc3ccc(F)cc3)sc2n1. The van der Waals surface area contributed by atoms with E-state index in [1.807, 2.05) is 20.8 Å². The van der Waals surface area contributed by atoms with Gasteiger partial charge in [0.1, 0.15) is 16.5 Å². The van der Waals surface area contributed by atoms with Crippen molar-refractivity contribution in [3.8, 4) is 0 Å². The largest absolute Gasteiger partial charge is 0.321 e. The van der Waals surface area contributed by atoms with E-state index >= 15 is 0 Å². The maximum absolute atomic E-state index is 12.9. The minimum atomic E-state index is -0.336. The third-order valence-electron chi connectivity index (χ3n) is 3.39. The van der Waals surface area contributed by atoms with Crippen LogP contribution in [-0.2, 0) is 0 Å². The summed E-state index contributed by atoms with van der Waals surface area (Å²) in [4.78, 5) is 22.6. The lowest BCUT2D eigenvalue weighted by atomic mass is 10.1. The summed E-state index contributed by atoms with van der Waals surface area (Å²) in [5, 5.41) is 3.71. The summed E-state index contributed by atoms with van der Waals surface area (Å²) in [6.45, 7) is 5.64. The molecule has 0 radical (unpaired) electrons. The molecule has 22 heavy (non-hydrogen) atoms. The predicted molar refractivity (Wildman–Crippen MR) is 86.0 cm³/mol. The Balaban J connectivity index is 1.99. The number of carbonyl (C=O) groups is 1. The summed E-state index contributed by atoms with van der Waals surface area (Å²) in [6.07, 6.45) is 0. The lowest BCUT2D eigenvalue weighted by molar-refractivity contribution is 0.103. The fraction of sp³-hybridized carbons (Fsp3) is 0.188. The molecule has 112 valence electrons. The van der Waals surface area contributed by atoms with Crippen LogP contribution in [0.5, 0.6) is 0 Å². The van der Waals surface area contributed by atoms with Gasteiger partial charge in [-0.05, 0) is 50.6 Å². The van der Waals surface area contributed by atoms with Crippen molar-refractivity contribution in [3.05, 3.63) is 52.0 Å². The number of hydrogen-bond donors (Lipinski definition) is 1. The van der Waals surface area contributed by atoms with Gasteiger partial charge in [0, 0.05) is 16.8 Å². The number of nitrogens with zero attached hydrogens (tertiary/aromatic N) is 2. The number of nitrogens with one attached hydrogen (secondary N) is 1. The molecule has 0 bridgehead atoms. The van der Waals surface area contributed by atoms with Crippen LogP contribution >= 0.6 is 11.3 Å². The lowest BCUT2D eigenvalue weighted by Gasteiger charge is -2.04. The molecular formula is C16H14FN3OS. The van der Waals surface area contributed by atoms with E-state index in [1.54, 1.807) is 0 Å². The van der Waals surface area contributed by atoms with Crippen molar-refractivity contribution in [3.63, 3.8) is 0 Å². The van der Waals surface area contributed by atoms with Crippen LogP contribution in [0.25, 0.3) is 10.2 Å². The molecular weight excluding hydrogens is 301 g/mol. The highest BCUT2D eigenvalue weighted by Gasteiger charge is 2.18. The van der Waals surface area contributed by atoms with Gasteiger partial charge in [0.25, 0.3) is 5.91 Å². The van der Waals surface area contributed by atoms with Gasteiger partial charge in [0.05, 0.1) is 4.88 Å². The smallest absolute Gasteiger partial charge is 0.266 e. The van der Waals surface area contributed by atoms with E-state index in [0.29, 0.717) is 16.4 Å². The van der Waals surface area contributed by atoms with Crippen molar-refractivity contribution in [2.45, 2.75) is 20.8 Å². The molecule has 0 aliphatic rings. The monoisotopic (exact) mass is 315 g/mol. The van der Waals surface area contributed by atoms with Crippen molar-refractivity contribution in [2.24, 2.45) is 0 Å². The second-order valence-corrected chi connectivity index (χ2v) is 6.05. The van der Waals surface area contributed by atoms with Gasteiger partial charge >= 0.3 is 0 Å².